The van der Waals surface area contributed by atoms with E-state index in [1.807, 2.05) is 19.4 Å². The van der Waals surface area contributed by atoms with Crippen LogP contribution in [0, 0.1) is 6.92 Å². The van der Waals surface area contributed by atoms with Crippen molar-refractivity contribution in [2.24, 2.45) is 12.0 Å². The monoisotopic (exact) mass is 355 g/mol. The molecule has 0 aliphatic heterocycles. The first kappa shape index (κ1) is 18.3. The lowest BCUT2D eigenvalue weighted by Crippen LogP contribution is -2.36. The second-order valence-corrected chi connectivity index (χ2v) is 6.94. The fraction of sp³-hybridized carbons (Fsp3) is 0.500. The molecule has 2 aromatic rings. The Morgan fingerprint density at radius 2 is 2.04 bits per heavy atom. The minimum atomic E-state index is 0.360. The van der Waals surface area contributed by atoms with E-state index in [9.17, 15) is 0 Å². The molecule has 3 rings (SSSR count). The van der Waals surface area contributed by atoms with Crippen molar-refractivity contribution in [2.75, 3.05) is 7.05 Å². The maximum atomic E-state index is 6.27. The first-order valence-electron chi connectivity index (χ1n) is 9.32. The van der Waals surface area contributed by atoms with E-state index < -0.39 is 0 Å². The molecular formula is C20H29N5O. The molecule has 6 nitrogen and oxygen atoms in total. The zero-order valence-corrected chi connectivity index (χ0v) is 16.0. The number of nitrogens with zero attached hydrogens (tertiary/aromatic N) is 3. The van der Waals surface area contributed by atoms with Gasteiger partial charge in [0.1, 0.15) is 5.75 Å². The highest BCUT2D eigenvalue weighted by Crippen LogP contribution is 2.27. The molecule has 1 fully saturated rings. The van der Waals surface area contributed by atoms with E-state index in [4.69, 9.17) is 4.74 Å². The summed E-state index contributed by atoms with van der Waals surface area (Å²) in [4.78, 5) is 4.30. The van der Waals surface area contributed by atoms with E-state index >= 15 is 0 Å². The first-order chi connectivity index (χ1) is 12.6. The van der Waals surface area contributed by atoms with Crippen molar-refractivity contribution in [3.8, 4) is 5.75 Å². The third kappa shape index (κ3) is 5.00. The molecule has 6 heteroatoms. The second kappa shape index (κ2) is 8.74. The number of aromatic nitrogens is 2. The highest BCUT2D eigenvalue weighted by Gasteiger charge is 2.18. The fourth-order valence-corrected chi connectivity index (χ4v) is 3.25. The molecule has 1 aliphatic rings. The summed E-state index contributed by atoms with van der Waals surface area (Å²) >= 11 is 0. The van der Waals surface area contributed by atoms with E-state index in [1.54, 1.807) is 11.7 Å². The number of hydrogen-bond acceptors (Lipinski definition) is 3. The van der Waals surface area contributed by atoms with E-state index in [0.29, 0.717) is 19.2 Å². The van der Waals surface area contributed by atoms with Crippen LogP contribution in [-0.2, 0) is 20.1 Å². The van der Waals surface area contributed by atoms with Crippen LogP contribution in [0.1, 0.15) is 42.4 Å². The summed E-state index contributed by atoms with van der Waals surface area (Å²) in [7, 11) is 3.70. The van der Waals surface area contributed by atoms with Gasteiger partial charge in [-0.2, -0.15) is 5.10 Å². The molecule has 0 atom stereocenters. The quantitative estimate of drug-likeness (QED) is 0.618. The van der Waals surface area contributed by atoms with Crippen molar-refractivity contribution in [1.82, 2.24) is 20.4 Å². The Kier molecular flexibility index (Phi) is 6.15. The topological polar surface area (TPSA) is 63.5 Å². The van der Waals surface area contributed by atoms with Crippen molar-refractivity contribution in [2.45, 2.75) is 51.8 Å². The van der Waals surface area contributed by atoms with Crippen LogP contribution in [0.5, 0.6) is 5.75 Å². The van der Waals surface area contributed by atoms with Crippen LogP contribution >= 0.6 is 0 Å². The Hall–Kier alpha value is -2.50. The van der Waals surface area contributed by atoms with Crippen LogP contribution < -0.4 is 15.4 Å². The summed E-state index contributed by atoms with van der Waals surface area (Å²) in [5.41, 5.74) is 3.50. The minimum Gasteiger partial charge on any atom is -0.490 e. The predicted octanol–water partition coefficient (Wildman–Crippen LogP) is 2.92. The number of aryl methyl sites for hydroxylation is 2. The maximum absolute atomic E-state index is 6.27. The molecule has 1 aliphatic carbocycles. The average molecular weight is 355 g/mol. The molecule has 1 heterocycles. The average Bonchev–Trinajstić information content (AvgIpc) is 3.28. The molecule has 0 bridgehead atoms. The first-order valence-corrected chi connectivity index (χ1v) is 9.32. The summed E-state index contributed by atoms with van der Waals surface area (Å²) < 4.78 is 8.07. The van der Waals surface area contributed by atoms with Crippen LogP contribution in [0.15, 0.2) is 35.6 Å². The molecule has 0 amide bonds. The number of ether oxygens (including phenoxy) is 1. The van der Waals surface area contributed by atoms with Crippen molar-refractivity contribution in [1.29, 1.82) is 0 Å². The van der Waals surface area contributed by atoms with Gasteiger partial charge in [0.05, 0.1) is 12.3 Å². The third-order valence-corrected chi connectivity index (χ3v) is 4.71. The van der Waals surface area contributed by atoms with Gasteiger partial charge in [0.15, 0.2) is 5.96 Å². The standard InChI is InChI=1S/C20H29N5O/c1-15-8-9-17(19(10-15)26-18-6-4-5-7-18)13-23-20(21-2)22-11-16-12-24-25(3)14-16/h8-10,12,14,18H,4-7,11,13H2,1-3H3,(H2,21,22,23). The minimum absolute atomic E-state index is 0.360. The van der Waals surface area contributed by atoms with Crippen molar-refractivity contribution in [3.63, 3.8) is 0 Å². The van der Waals surface area contributed by atoms with Gasteiger partial charge in [-0.25, -0.2) is 0 Å². The lowest BCUT2D eigenvalue weighted by molar-refractivity contribution is 0.207. The Labute approximate surface area is 155 Å². The summed E-state index contributed by atoms with van der Waals surface area (Å²) in [5, 5.41) is 10.9. The van der Waals surface area contributed by atoms with Crippen molar-refractivity contribution in [3.05, 3.63) is 47.3 Å². The highest BCUT2D eigenvalue weighted by molar-refractivity contribution is 5.79. The zero-order chi connectivity index (χ0) is 18.4. The smallest absolute Gasteiger partial charge is 0.191 e. The molecule has 2 N–H and O–H groups in total. The van der Waals surface area contributed by atoms with Crippen LogP contribution in [0.25, 0.3) is 0 Å². The Balaban J connectivity index is 1.58. The molecule has 26 heavy (non-hydrogen) atoms. The molecule has 0 unspecified atom stereocenters. The summed E-state index contributed by atoms with van der Waals surface area (Å²) in [6.07, 6.45) is 9.08. The summed E-state index contributed by atoms with van der Waals surface area (Å²) in [6.45, 7) is 3.47. The molecule has 1 saturated carbocycles. The zero-order valence-electron chi connectivity index (χ0n) is 16.0. The van der Waals surface area contributed by atoms with Gasteiger partial charge in [0, 0.05) is 44.5 Å². The number of nitrogens with one attached hydrogen (secondary N) is 2. The van der Waals surface area contributed by atoms with Gasteiger partial charge in [-0.3, -0.25) is 9.67 Å². The van der Waals surface area contributed by atoms with Gasteiger partial charge in [-0.1, -0.05) is 12.1 Å². The molecular weight excluding hydrogens is 326 g/mol. The Bertz CT molecular complexity index is 746. The molecule has 0 spiro atoms. The molecule has 140 valence electrons. The fourth-order valence-electron chi connectivity index (χ4n) is 3.25. The van der Waals surface area contributed by atoms with E-state index in [2.05, 4.69) is 45.8 Å². The number of rotatable bonds is 6. The molecule has 0 saturated heterocycles. The van der Waals surface area contributed by atoms with E-state index in [-0.39, 0.29) is 0 Å². The maximum Gasteiger partial charge on any atom is 0.191 e. The Morgan fingerprint density at radius 3 is 2.73 bits per heavy atom. The van der Waals surface area contributed by atoms with Crippen LogP contribution in [0.2, 0.25) is 0 Å². The van der Waals surface area contributed by atoms with Gasteiger partial charge in [-0.05, 0) is 44.2 Å². The highest BCUT2D eigenvalue weighted by atomic mass is 16.5. The second-order valence-electron chi connectivity index (χ2n) is 6.94. The lowest BCUT2D eigenvalue weighted by atomic mass is 10.1. The third-order valence-electron chi connectivity index (χ3n) is 4.71. The van der Waals surface area contributed by atoms with Gasteiger partial charge in [0.2, 0.25) is 0 Å². The molecule has 1 aromatic carbocycles. The van der Waals surface area contributed by atoms with Crippen LogP contribution in [-0.4, -0.2) is 28.9 Å². The largest absolute Gasteiger partial charge is 0.490 e. The van der Waals surface area contributed by atoms with Gasteiger partial charge >= 0.3 is 0 Å². The number of hydrogen-bond donors (Lipinski definition) is 2. The normalized spacial score (nSPS) is 15.3. The van der Waals surface area contributed by atoms with Crippen molar-refractivity contribution < 1.29 is 4.74 Å². The van der Waals surface area contributed by atoms with Gasteiger partial charge in [0.25, 0.3) is 0 Å². The van der Waals surface area contributed by atoms with Crippen molar-refractivity contribution >= 4 is 5.96 Å². The Morgan fingerprint density at radius 1 is 1.27 bits per heavy atom. The predicted molar refractivity (Wildman–Crippen MR) is 104 cm³/mol. The van der Waals surface area contributed by atoms with E-state index in [0.717, 1.165) is 35.7 Å². The van der Waals surface area contributed by atoms with Gasteiger partial charge in [-0.15, -0.1) is 0 Å². The molecule has 0 radical (unpaired) electrons. The number of aliphatic imine (C=N–C) groups is 1. The summed E-state index contributed by atoms with van der Waals surface area (Å²) in [6, 6.07) is 6.41. The lowest BCUT2D eigenvalue weighted by Gasteiger charge is -2.18. The number of guanidine groups is 1. The molecule has 1 aromatic heterocycles. The summed E-state index contributed by atoms with van der Waals surface area (Å²) in [5.74, 6) is 1.76. The van der Waals surface area contributed by atoms with Crippen LogP contribution in [0.3, 0.4) is 0 Å². The number of benzene rings is 1. The van der Waals surface area contributed by atoms with Crippen LogP contribution in [0.4, 0.5) is 0 Å². The van der Waals surface area contributed by atoms with E-state index in [1.165, 1.54) is 18.4 Å². The van der Waals surface area contributed by atoms with Gasteiger partial charge < -0.3 is 15.4 Å². The SMILES string of the molecule is CN=C(NCc1cnn(C)c1)NCc1ccc(C)cc1OC1CCCC1.